The maximum atomic E-state index is 13.8. The van der Waals surface area contributed by atoms with E-state index in [2.05, 4.69) is 5.32 Å². The minimum Gasteiger partial charge on any atom is -0.487 e. The van der Waals surface area contributed by atoms with Crippen LogP contribution in [-0.4, -0.2) is 25.4 Å². The predicted octanol–water partition coefficient (Wildman–Crippen LogP) is 4.08. The van der Waals surface area contributed by atoms with Crippen molar-refractivity contribution < 1.29 is 22.3 Å². The number of ether oxygens (including phenoxy) is 1. The third-order valence-electron chi connectivity index (χ3n) is 3.78. The fraction of sp³-hybridized carbons (Fsp3) is 0.625. The van der Waals surface area contributed by atoms with E-state index >= 15 is 0 Å². The second-order valence-corrected chi connectivity index (χ2v) is 6.62. The van der Waals surface area contributed by atoms with Gasteiger partial charge in [-0.1, -0.05) is 26.8 Å². The van der Waals surface area contributed by atoms with Crippen LogP contribution in [0.25, 0.3) is 0 Å². The second-order valence-electron chi connectivity index (χ2n) is 6.62. The summed E-state index contributed by atoms with van der Waals surface area (Å²) in [5, 5.41) is 2.85. The Balaban J connectivity index is 2.34. The summed E-state index contributed by atoms with van der Waals surface area (Å²) < 4.78 is 59.0. The van der Waals surface area contributed by atoms with E-state index in [4.69, 9.17) is 4.74 Å². The van der Waals surface area contributed by atoms with Gasteiger partial charge < -0.3 is 10.1 Å². The molecular formula is C16H21F4NO. The van der Waals surface area contributed by atoms with Gasteiger partial charge in [0.1, 0.15) is 18.0 Å². The Morgan fingerprint density at radius 1 is 1.18 bits per heavy atom. The molecule has 1 aliphatic rings. The van der Waals surface area contributed by atoms with Gasteiger partial charge in [-0.15, -0.1) is 0 Å². The number of nitrogens with one attached hydrogen (secondary N) is 1. The minimum absolute atomic E-state index is 0.103. The van der Waals surface area contributed by atoms with Gasteiger partial charge in [0.05, 0.1) is 5.56 Å². The molecule has 1 saturated heterocycles. The van der Waals surface area contributed by atoms with Crippen LogP contribution in [0.1, 0.15) is 38.3 Å². The van der Waals surface area contributed by atoms with Crippen molar-refractivity contribution in [3.63, 3.8) is 0 Å². The van der Waals surface area contributed by atoms with Crippen molar-refractivity contribution in [1.82, 2.24) is 5.32 Å². The number of hydrogen-bond acceptors (Lipinski definition) is 2. The highest BCUT2D eigenvalue weighted by atomic mass is 19.4. The molecule has 6 heteroatoms. The van der Waals surface area contributed by atoms with Crippen molar-refractivity contribution in [2.45, 2.75) is 51.1 Å². The van der Waals surface area contributed by atoms with Crippen molar-refractivity contribution in [2.75, 3.05) is 13.1 Å². The number of piperidine rings is 1. The summed E-state index contributed by atoms with van der Waals surface area (Å²) in [6.45, 7) is 6.16. The van der Waals surface area contributed by atoms with Crippen molar-refractivity contribution in [1.29, 1.82) is 0 Å². The molecule has 0 aliphatic carbocycles. The smallest absolute Gasteiger partial charge is 0.419 e. The topological polar surface area (TPSA) is 21.3 Å². The van der Waals surface area contributed by atoms with Crippen LogP contribution < -0.4 is 10.1 Å². The average Bonchev–Trinajstić information content (AvgIpc) is 2.39. The molecule has 1 aliphatic heterocycles. The number of benzene rings is 1. The first-order valence-corrected chi connectivity index (χ1v) is 7.32. The molecule has 2 rings (SSSR count). The normalized spacial score (nSPS) is 23.4. The molecule has 0 spiro atoms. The third-order valence-corrected chi connectivity index (χ3v) is 3.78. The molecule has 0 aromatic heterocycles. The Morgan fingerprint density at radius 3 is 2.41 bits per heavy atom. The minimum atomic E-state index is -4.53. The van der Waals surface area contributed by atoms with E-state index in [1.165, 1.54) is 6.07 Å². The zero-order valence-electron chi connectivity index (χ0n) is 12.9. The van der Waals surface area contributed by atoms with Gasteiger partial charge in [-0.3, -0.25) is 0 Å². The van der Waals surface area contributed by atoms with Gasteiger partial charge in [0, 0.05) is 6.54 Å². The highest BCUT2D eigenvalue weighted by Crippen LogP contribution is 2.39. The molecule has 0 amide bonds. The van der Waals surface area contributed by atoms with Gasteiger partial charge in [-0.2, -0.15) is 13.2 Å². The van der Waals surface area contributed by atoms with Crippen LogP contribution in [0.5, 0.6) is 5.75 Å². The highest BCUT2D eigenvalue weighted by Gasteiger charge is 2.37. The maximum absolute atomic E-state index is 13.8. The quantitative estimate of drug-likeness (QED) is 0.829. The molecule has 1 N–H and O–H groups in total. The Labute approximate surface area is 127 Å². The number of alkyl halides is 4. The summed E-state index contributed by atoms with van der Waals surface area (Å²) in [7, 11) is 0. The van der Waals surface area contributed by atoms with Crippen molar-refractivity contribution in [3.8, 4) is 5.75 Å². The predicted molar refractivity (Wildman–Crippen MR) is 76.9 cm³/mol. The molecule has 2 nitrogen and oxygen atoms in total. The van der Waals surface area contributed by atoms with Crippen molar-refractivity contribution in [3.05, 3.63) is 29.3 Å². The number of halogens is 4. The van der Waals surface area contributed by atoms with E-state index in [-0.39, 0.29) is 12.3 Å². The van der Waals surface area contributed by atoms with Gasteiger partial charge in [0.2, 0.25) is 0 Å². The lowest BCUT2D eigenvalue weighted by atomic mass is 9.86. The molecule has 1 aromatic rings. The van der Waals surface area contributed by atoms with Crippen molar-refractivity contribution in [2.24, 2.45) is 0 Å². The van der Waals surface area contributed by atoms with E-state index in [1.54, 1.807) is 6.07 Å². The van der Waals surface area contributed by atoms with E-state index in [9.17, 15) is 17.6 Å². The van der Waals surface area contributed by atoms with E-state index < -0.39 is 29.4 Å². The standard InChI is InChI=1S/C16H21F4NO/c1-15(2,3)10-4-5-13(11(8-10)16(18,19)20)22-14-6-7-21-9-12(14)17/h4-5,8,12,14,21H,6-7,9H2,1-3H3/t12-,14-/m0/s1. The van der Waals surface area contributed by atoms with E-state index in [1.807, 2.05) is 20.8 Å². The first kappa shape index (κ1) is 17.1. The number of rotatable bonds is 2. The Kier molecular flexibility index (Phi) is 4.70. The SMILES string of the molecule is CC(C)(C)c1ccc(O[C@H]2CCNC[C@@H]2F)c(C(F)(F)F)c1. The highest BCUT2D eigenvalue weighted by molar-refractivity contribution is 5.41. The lowest BCUT2D eigenvalue weighted by Gasteiger charge is -2.29. The second kappa shape index (κ2) is 6.07. The van der Waals surface area contributed by atoms with Crippen LogP contribution in [0.15, 0.2) is 18.2 Å². The Bertz CT molecular complexity index is 522. The third kappa shape index (κ3) is 3.91. The van der Waals surface area contributed by atoms with Crippen LogP contribution in [0.4, 0.5) is 17.6 Å². The van der Waals surface area contributed by atoms with Crippen molar-refractivity contribution >= 4 is 0 Å². The van der Waals surface area contributed by atoms with Gasteiger partial charge in [0.15, 0.2) is 0 Å². The molecule has 0 radical (unpaired) electrons. The van der Waals surface area contributed by atoms with Gasteiger partial charge in [0.25, 0.3) is 0 Å². The van der Waals surface area contributed by atoms with Gasteiger partial charge in [-0.05, 0) is 36.1 Å². The lowest BCUT2D eigenvalue weighted by Crippen LogP contribution is -2.44. The average molecular weight is 319 g/mol. The van der Waals surface area contributed by atoms with Gasteiger partial charge in [-0.25, -0.2) is 4.39 Å². The summed E-state index contributed by atoms with van der Waals surface area (Å²) in [5.41, 5.74) is -0.685. The van der Waals surface area contributed by atoms with Crippen LogP contribution >= 0.6 is 0 Å². The van der Waals surface area contributed by atoms with Gasteiger partial charge >= 0.3 is 6.18 Å². The molecule has 22 heavy (non-hydrogen) atoms. The van der Waals surface area contributed by atoms with Crippen LogP contribution in [0.2, 0.25) is 0 Å². The first-order chi connectivity index (χ1) is 10.1. The summed E-state index contributed by atoms with van der Waals surface area (Å²) in [6.07, 6.45) is -6.34. The Hall–Kier alpha value is -1.30. The monoisotopic (exact) mass is 319 g/mol. The molecule has 2 atom stereocenters. The lowest BCUT2D eigenvalue weighted by molar-refractivity contribution is -0.139. The van der Waals surface area contributed by atoms with Crippen LogP contribution in [-0.2, 0) is 11.6 Å². The first-order valence-electron chi connectivity index (χ1n) is 7.32. The fourth-order valence-electron chi connectivity index (χ4n) is 2.41. The molecule has 1 aromatic carbocycles. The molecule has 1 fully saturated rings. The summed E-state index contributed by atoms with van der Waals surface area (Å²) in [5.74, 6) is -0.296. The van der Waals surface area contributed by atoms with Crippen LogP contribution in [0, 0.1) is 0 Å². The summed E-state index contributed by atoms with van der Waals surface area (Å²) in [4.78, 5) is 0. The Morgan fingerprint density at radius 2 is 1.86 bits per heavy atom. The molecule has 1 heterocycles. The fourth-order valence-corrected chi connectivity index (χ4v) is 2.41. The maximum Gasteiger partial charge on any atom is 0.419 e. The van der Waals surface area contributed by atoms with Crippen LogP contribution in [0.3, 0.4) is 0 Å². The molecule has 0 bridgehead atoms. The molecular weight excluding hydrogens is 298 g/mol. The molecule has 124 valence electrons. The van der Waals surface area contributed by atoms with E-state index in [0.717, 1.165) is 6.07 Å². The summed E-state index contributed by atoms with van der Waals surface area (Å²) >= 11 is 0. The van der Waals surface area contributed by atoms with E-state index in [0.29, 0.717) is 18.5 Å². The zero-order chi connectivity index (χ0) is 16.5. The summed E-state index contributed by atoms with van der Waals surface area (Å²) in [6, 6.07) is 4.01. The zero-order valence-corrected chi connectivity index (χ0v) is 12.9. The molecule has 0 saturated carbocycles. The number of hydrogen-bond donors (Lipinski definition) is 1. The largest absolute Gasteiger partial charge is 0.487 e. The molecule has 0 unspecified atom stereocenters.